The summed E-state index contributed by atoms with van der Waals surface area (Å²) in [7, 11) is -4.23. The van der Waals surface area contributed by atoms with Crippen molar-refractivity contribution in [2.24, 2.45) is 0 Å². The first-order chi connectivity index (χ1) is 23.4. The molecule has 0 aromatic heterocycles. The Morgan fingerprint density at radius 2 is 1.38 bits per heavy atom. The van der Waals surface area contributed by atoms with Gasteiger partial charge in [0.25, 0.3) is 0 Å². The second-order valence-electron chi connectivity index (χ2n) is 14.2. The number of hydrogen-bond acceptors (Lipinski definition) is 4. The zero-order valence-electron chi connectivity index (χ0n) is 30.2. The monoisotopic (exact) mass is 694 g/mol. The summed E-state index contributed by atoms with van der Waals surface area (Å²) in [6.07, 6.45) is 17.7. The maximum Gasteiger partial charge on any atom is 1.00 e. The van der Waals surface area contributed by atoms with Gasteiger partial charge in [-0.25, -0.2) is 8.42 Å². The van der Waals surface area contributed by atoms with Gasteiger partial charge in [-0.05, 0) is 65.6 Å². The molecule has 7 heteroatoms. The topological polar surface area (TPSA) is 63.5 Å². The fraction of sp³-hybridized carbons (Fsp3) is 0.302. The fourth-order valence-electron chi connectivity index (χ4n) is 7.86. The molecule has 0 aliphatic carbocycles. The van der Waals surface area contributed by atoms with E-state index in [-0.39, 0.29) is 46.1 Å². The van der Waals surface area contributed by atoms with Crippen LogP contribution in [0.25, 0.3) is 21.5 Å². The van der Waals surface area contributed by atoms with Crippen LogP contribution >= 0.6 is 0 Å². The van der Waals surface area contributed by atoms with E-state index in [4.69, 9.17) is 0 Å². The average molecular weight is 695 g/mol. The van der Waals surface area contributed by atoms with Crippen molar-refractivity contribution in [3.05, 3.63) is 139 Å². The molecule has 6 rings (SSSR count). The molecule has 0 spiro atoms. The van der Waals surface area contributed by atoms with Crippen molar-refractivity contribution in [3.8, 4) is 0 Å². The van der Waals surface area contributed by atoms with Crippen molar-refractivity contribution < 1.29 is 47.1 Å². The molecule has 0 amide bonds. The molecule has 5 nitrogen and oxygen atoms in total. The number of benzene rings is 4. The van der Waals surface area contributed by atoms with Crippen molar-refractivity contribution in [2.75, 3.05) is 23.7 Å². The number of fused-ring (bicyclic) bond motifs is 6. The van der Waals surface area contributed by atoms with Crippen LogP contribution in [0.4, 0.5) is 11.4 Å². The minimum absolute atomic E-state index is 0. The van der Waals surface area contributed by atoms with E-state index < -0.39 is 10.1 Å². The summed E-state index contributed by atoms with van der Waals surface area (Å²) in [5.74, 6) is -0.335. The molecule has 0 atom stereocenters. The number of anilines is 1. The molecule has 0 saturated carbocycles. The molecule has 0 unspecified atom stereocenters. The molecule has 2 aliphatic heterocycles. The van der Waals surface area contributed by atoms with E-state index in [1.807, 2.05) is 0 Å². The first-order valence-electron chi connectivity index (χ1n) is 17.4. The van der Waals surface area contributed by atoms with Gasteiger partial charge in [-0.15, -0.1) is 0 Å². The van der Waals surface area contributed by atoms with Crippen LogP contribution in [0, 0.1) is 6.92 Å². The van der Waals surface area contributed by atoms with Crippen molar-refractivity contribution in [1.82, 2.24) is 0 Å². The molecular formula is C43H47N2NaO3S. The molecule has 0 N–H and O–H groups in total. The van der Waals surface area contributed by atoms with E-state index in [1.165, 1.54) is 44.1 Å². The molecule has 254 valence electrons. The minimum atomic E-state index is -4.23. The van der Waals surface area contributed by atoms with Gasteiger partial charge < -0.3 is 16.4 Å². The van der Waals surface area contributed by atoms with Crippen LogP contribution < -0.4 is 34.5 Å². The predicted molar refractivity (Wildman–Crippen MR) is 205 cm³/mol. The van der Waals surface area contributed by atoms with E-state index in [1.54, 1.807) is 0 Å². The molecule has 0 fully saturated rings. The molecule has 2 aliphatic rings. The number of nitrogens with zero attached hydrogens (tertiary/aromatic N) is 2. The Bertz CT molecular complexity index is 2160. The van der Waals surface area contributed by atoms with Gasteiger partial charge in [-0.3, -0.25) is 0 Å². The van der Waals surface area contributed by atoms with E-state index in [2.05, 4.69) is 159 Å². The van der Waals surface area contributed by atoms with Gasteiger partial charge in [0.15, 0.2) is 5.71 Å². The summed E-state index contributed by atoms with van der Waals surface area (Å²) >= 11 is 0. The van der Waals surface area contributed by atoms with Crippen molar-refractivity contribution in [3.63, 3.8) is 0 Å². The summed E-state index contributed by atoms with van der Waals surface area (Å²) in [6, 6.07) is 26.0. The molecule has 2 heterocycles. The van der Waals surface area contributed by atoms with Crippen LogP contribution in [0.3, 0.4) is 0 Å². The molecule has 4 aromatic rings. The minimum Gasteiger partial charge on any atom is -0.748 e. The Kier molecular flexibility index (Phi) is 11.8. The largest absolute Gasteiger partial charge is 1.00 e. The summed E-state index contributed by atoms with van der Waals surface area (Å²) in [4.78, 5) is 2.47. The second kappa shape index (κ2) is 15.5. The van der Waals surface area contributed by atoms with E-state index >= 15 is 0 Å². The van der Waals surface area contributed by atoms with Gasteiger partial charge in [0, 0.05) is 53.2 Å². The Labute approximate surface area is 320 Å². The van der Waals surface area contributed by atoms with Crippen molar-refractivity contribution >= 4 is 48.7 Å². The standard InChI is InChI=1S/C43H48N2O3S.Na/c1-6-7-29-44-36-27-25-32-19-13-15-21-34(32)40(36)42(2,3)38(44)23-11-9-8-10-12-24-39-43(4,5)41-35-22-16-14-20-33(35)26-28-37(41)45(39)30-17-18-31-49(46,47)48;/h8-16,19-28H,1,6-7,17-18,29-31H2,2-5H3,(H,46,47,48);/q;+1/p-1. The summed E-state index contributed by atoms with van der Waals surface area (Å²) in [5, 5.41) is 5.00. The molecular weight excluding hydrogens is 648 g/mol. The first-order valence-corrected chi connectivity index (χ1v) is 18.9. The summed E-state index contributed by atoms with van der Waals surface area (Å²) < 4.78 is 36.0. The normalized spacial score (nSPS) is 17.6. The molecule has 50 heavy (non-hydrogen) atoms. The molecule has 0 bridgehead atoms. The third-order valence-corrected chi connectivity index (χ3v) is 10.9. The van der Waals surface area contributed by atoms with E-state index in [0.29, 0.717) is 19.4 Å². The fourth-order valence-corrected chi connectivity index (χ4v) is 8.41. The van der Waals surface area contributed by atoms with Gasteiger partial charge in [-0.2, -0.15) is 11.0 Å². The third kappa shape index (κ3) is 7.51. The molecule has 0 radical (unpaired) electrons. The van der Waals surface area contributed by atoms with Crippen LogP contribution in [0.15, 0.2) is 121 Å². The maximum absolute atomic E-state index is 11.2. The Balaban J connectivity index is 0.00000486. The Morgan fingerprint density at radius 3 is 2.06 bits per heavy atom. The average Bonchev–Trinajstić information content (AvgIpc) is 3.43. The van der Waals surface area contributed by atoms with Crippen LogP contribution in [0.2, 0.25) is 0 Å². The van der Waals surface area contributed by atoms with Crippen LogP contribution in [0.5, 0.6) is 0 Å². The Morgan fingerprint density at radius 1 is 0.760 bits per heavy atom. The Hall–Kier alpha value is -3.26. The maximum atomic E-state index is 11.2. The zero-order valence-corrected chi connectivity index (χ0v) is 33.0. The van der Waals surface area contributed by atoms with Gasteiger partial charge in [0.1, 0.15) is 6.54 Å². The number of rotatable bonds is 12. The number of unbranched alkanes of at least 4 members (excludes halogenated alkanes) is 2. The van der Waals surface area contributed by atoms with Gasteiger partial charge in [0.05, 0.1) is 15.5 Å². The quantitative estimate of drug-likeness (QED) is 0.0416. The van der Waals surface area contributed by atoms with E-state index in [9.17, 15) is 13.0 Å². The molecule has 0 saturated heterocycles. The predicted octanol–water partition coefficient (Wildman–Crippen LogP) is 6.66. The van der Waals surface area contributed by atoms with Crippen molar-refractivity contribution in [2.45, 2.75) is 64.2 Å². The first kappa shape index (κ1) is 38.0. The SMILES string of the molecule is [CH2-]CCCN1/C(=C/C=C/C=C/C=C/C2=[N+](CCCCS(=O)(=O)[O-])c3ccc4ccccc4c3C2(C)C)C(C)(C)c2c1ccc1ccccc21.[Na+]. The zero-order chi connectivity index (χ0) is 34.8. The second-order valence-corrected chi connectivity index (χ2v) is 15.7. The number of hydrogen-bond donors (Lipinski definition) is 0. The summed E-state index contributed by atoms with van der Waals surface area (Å²) in [6.45, 7) is 14.8. The van der Waals surface area contributed by atoms with Crippen LogP contribution in [-0.4, -0.2) is 42.1 Å². The smallest absolute Gasteiger partial charge is 0.748 e. The van der Waals surface area contributed by atoms with Gasteiger partial charge in [0.2, 0.25) is 5.69 Å². The van der Waals surface area contributed by atoms with Crippen molar-refractivity contribution in [1.29, 1.82) is 0 Å². The third-order valence-electron chi connectivity index (χ3n) is 10.1. The van der Waals surface area contributed by atoms with E-state index in [0.717, 1.165) is 30.8 Å². The van der Waals surface area contributed by atoms with Gasteiger partial charge >= 0.3 is 29.6 Å². The molecule has 4 aromatic carbocycles. The van der Waals surface area contributed by atoms with Crippen LogP contribution in [0.1, 0.15) is 64.5 Å². The van der Waals surface area contributed by atoms with Gasteiger partial charge in [-0.1, -0.05) is 105 Å². The summed E-state index contributed by atoms with van der Waals surface area (Å²) in [5.41, 5.74) is 7.12. The van der Waals surface area contributed by atoms with Crippen LogP contribution in [-0.2, 0) is 20.9 Å². The number of allylic oxidation sites excluding steroid dienone is 8.